The summed E-state index contributed by atoms with van der Waals surface area (Å²) in [4.78, 5) is 24.1. The number of benzene rings is 1. The predicted octanol–water partition coefficient (Wildman–Crippen LogP) is 4.43. The standard InChI is InChI=1S/C17H19NO4S/c1-4-11(3)23-13-5-6-14(10(2)7-13)18-16(19)15-8-12(9-22-15)17(20)21/h5-9,11H,4H2,1-3H3,(H,18,19)(H,20,21). The molecule has 0 spiro atoms. The zero-order valence-electron chi connectivity index (χ0n) is 13.3. The number of carbonyl (C=O) groups excluding carboxylic acids is 1. The summed E-state index contributed by atoms with van der Waals surface area (Å²) in [6.07, 6.45) is 2.14. The van der Waals surface area contributed by atoms with Gasteiger partial charge in [0.2, 0.25) is 0 Å². The van der Waals surface area contributed by atoms with Gasteiger partial charge < -0.3 is 14.8 Å². The number of rotatable bonds is 6. The van der Waals surface area contributed by atoms with Crippen LogP contribution in [0.1, 0.15) is 46.7 Å². The van der Waals surface area contributed by atoms with E-state index in [1.807, 2.05) is 25.1 Å². The maximum Gasteiger partial charge on any atom is 0.338 e. The molecule has 1 heterocycles. The van der Waals surface area contributed by atoms with Gasteiger partial charge in [0, 0.05) is 21.9 Å². The molecular weight excluding hydrogens is 314 g/mol. The second-order valence-corrected chi connectivity index (χ2v) is 6.78. The Hall–Kier alpha value is -2.21. The molecule has 23 heavy (non-hydrogen) atoms. The van der Waals surface area contributed by atoms with Gasteiger partial charge in [-0.1, -0.05) is 13.8 Å². The molecule has 1 aromatic carbocycles. The van der Waals surface area contributed by atoms with Crippen molar-refractivity contribution in [3.8, 4) is 0 Å². The molecule has 0 radical (unpaired) electrons. The minimum Gasteiger partial charge on any atom is -0.478 e. The Bertz CT molecular complexity index is 723. The summed E-state index contributed by atoms with van der Waals surface area (Å²) in [5.74, 6) is -1.63. The number of hydrogen-bond donors (Lipinski definition) is 2. The Kier molecular flexibility index (Phi) is 5.50. The number of nitrogens with one attached hydrogen (secondary N) is 1. The number of carboxylic acid groups (broad SMARTS) is 1. The molecule has 6 heteroatoms. The second-order valence-electron chi connectivity index (χ2n) is 5.27. The summed E-state index contributed by atoms with van der Waals surface area (Å²) in [6, 6.07) is 7.04. The fourth-order valence-electron chi connectivity index (χ4n) is 1.92. The Morgan fingerprint density at radius 1 is 1.35 bits per heavy atom. The third-order valence-electron chi connectivity index (χ3n) is 3.43. The average Bonchev–Trinajstić information content (AvgIpc) is 3.00. The van der Waals surface area contributed by atoms with E-state index >= 15 is 0 Å². The van der Waals surface area contributed by atoms with Crippen molar-refractivity contribution in [2.45, 2.75) is 37.3 Å². The van der Waals surface area contributed by atoms with Gasteiger partial charge in [-0.15, -0.1) is 11.8 Å². The molecule has 1 unspecified atom stereocenters. The number of hydrogen-bond acceptors (Lipinski definition) is 4. The normalized spacial score (nSPS) is 12.0. The van der Waals surface area contributed by atoms with Crippen LogP contribution in [-0.4, -0.2) is 22.2 Å². The first kappa shape index (κ1) is 17.1. The van der Waals surface area contributed by atoms with E-state index in [0.29, 0.717) is 10.9 Å². The summed E-state index contributed by atoms with van der Waals surface area (Å²) in [6.45, 7) is 6.24. The molecule has 0 saturated carbocycles. The molecule has 0 saturated heterocycles. The highest BCUT2D eigenvalue weighted by atomic mass is 32.2. The van der Waals surface area contributed by atoms with Gasteiger partial charge in [0.05, 0.1) is 5.56 Å². The van der Waals surface area contributed by atoms with Crippen LogP contribution in [0.2, 0.25) is 0 Å². The highest BCUT2D eigenvalue weighted by Crippen LogP contribution is 2.28. The van der Waals surface area contributed by atoms with E-state index in [1.165, 1.54) is 6.07 Å². The minimum absolute atomic E-state index is 0.0279. The van der Waals surface area contributed by atoms with Crippen molar-refractivity contribution in [3.05, 3.63) is 47.4 Å². The van der Waals surface area contributed by atoms with Crippen molar-refractivity contribution in [2.24, 2.45) is 0 Å². The van der Waals surface area contributed by atoms with Crippen LogP contribution in [-0.2, 0) is 0 Å². The number of thioether (sulfide) groups is 1. The Morgan fingerprint density at radius 2 is 2.09 bits per heavy atom. The lowest BCUT2D eigenvalue weighted by Gasteiger charge is -2.12. The molecule has 0 aliphatic rings. The molecule has 2 N–H and O–H groups in total. The smallest absolute Gasteiger partial charge is 0.338 e. The summed E-state index contributed by atoms with van der Waals surface area (Å²) < 4.78 is 4.99. The van der Waals surface area contributed by atoms with Crippen LogP contribution < -0.4 is 5.32 Å². The van der Waals surface area contributed by atoms with Crippen molar-refractivity contribution in [1.29, 1.82) is 0 Å². The summed E-state index contributed by atoms with van der Waals surface area (Å²) in [7, 11) is 0. The van der Waals surface area contributed by atoms with Crippen LogP contribution in [0.15, 0.2) is 39.8 Å². The molecule has 0 fully saturated rings. The maximum absolute atomic E-state index is 12.1. The van der Waals surface area contributed by atoms with E-state index in [0.717, 1.165) is 23.1 Å². The van der Waals surface area contributed by atoms with E-state index in [9.17, 15) is 9.59 Å². The molecule has 0 aliphatic heterocycles. The molecular formula is C17H19NO4S. The van der Waals surface area contributed by atoms with Gasteiger partial charge >= 0.3 is 5.97 Å². The van der Waals surface area contributed by atoms with E-state index in [4.69, 9.17) is 9.52 Å². The van der Waals surface area contributed by atoms with Crippen molar-refractivity contribution in [3.63, 3.8) is 0 Å². The van der Waals surface area contributed by atoms with Crippen LogP contribution in [0, 0.1) is 6.92 Å². The van der Waals surface area contributed by atoms with E-state index in [2.05, 4.69) is 19.2 Å². The number of amides is 1. The molecule has 1 amide bonds. The lowest BCUT2D eigenvalue weighted by atomic mass is 10.2. The van der Waals surface area contributed by atoms with E-state index in [1.54, 1.807) is 11.8 Å². The topological polar surface area (TPSA) is 79.5 Å². The number of aryl methyl sites for hydroxylation is 1. The molecule has 5 nitrogen and oxygen atoms in total. The molecule has 0 aliphatic carbocycles. The lowest BCUT2D eigenvalue weighted by molar-refractivity contribution is 0.0696. The summed E-state index contributed by atoms with van der Waals surface area (Å²) in [5, 5.41) is 12.1. The first-order valence-corrected chi connectivity index (χ1v) is 8.19. The van der Waals surface area contributed by atoms with E-state index in [-0.39, 0.29) is 11.3 Å². The minimum atomic E-state index is -1.13. The average molecular weight is 333 g/mol. The van der Waals surface area contributed by atoms with Gasteiger partial charge in [-0.05, 0) is 37.1 Å². The van der Waals surface area contributed by atoms with Gasteiger partial charge in [0.15, 0.2) is 5.76 Å². The Morgan fingerprint density at radius 3 is 2.65 bits per heavy atom. The van der Waals surface area contributed by atoms with Gasteiger partial charge in [0.1, 0.15) is 6.26 Å². The summed E-state index contributed by atoms with van der Waals surface area (Å²) >= 11 is 1.79. The van der Waals surface area contributed by atoms with Crippen molar-refractivity contribution >= 4 is 29.3 Å². The number of furan rings is 1. The quantitative estimate of drug-likeness (QED) is 0.765. The lowest BCUT2D eigenvalue weighted by Crippen LogP contribution is -2.12. The third kappa shape index (κ3) is 4.39. The van der Waals surface area contributed by atoms with Crippen LogP contribution in [0.5, 0.6) is 0 Å². The first-order chi connectivity index (χ1) is 10.9. The largest absolute Gasteiger partial charge is 0.478 e. The Balaban J connectivity index is 2.10. The van der Waals surface area contributed by atoms with Gasteiger partial charge in [0.25, 0.3) is 5.91 Å². The van der Waals surface area contributed by atoms with Gasteiger partial charge in [-0.2, -0.15) is 0 Å². The Labute approximate surface area is 139 Å². The number of anilines is 1. The first-order valence-electron chi connectivity index (χ1n) is 7.31. The van der Waals surface area contributed by atoms with E-state index < -0.39 is 11.9 Å². The zero-order chi connectivity index (χ0) is 17.0. The maximum atomic E-state index is 12.1. The number of carbonyl (C=O) groups is 2. The van der Waals surface area contributed by atoms with Crippen LogP contribution in [0.4, 0.5) is 5.69 Å². The highest BCUT2D eigenvalue weighted by molar-refractivity contribution is 7.99. The SMILES string of the molecule is CCC(C)Sc1ccc(NC(=O)c2cc(C(=O)O)co2)c(C)c1. The predicted molar refractivity (Wildman–Crippen MR) is 90.4 cm³/mol. The molecule has 2 rings (SSSR count). The monoisotopic (exact) mass is 333 g/mol. The molecule has 122 valence electrons. The molecule has 0 bridgehead atoms. The van der Waals surface area contributed by atoms with Crippen LogP contribution in [0.25, 0.3) is 0 Å². The second kappa shape index (κ2) is 7.37. The molecule has 1 atom stereocenters. The van der Waals surface area contributed by atoms with Gasteiger partial charge in [-0.3, -0.25) is 4.79 Å². The third-order valence-corrected chi connectivity index (χ3v) is 4.69. The van der Waals surface area contributed by atoms with Crippen molar-refractivity contribution in [1.82, 2.24) is 0 Å². The fourth-order valence-corrected chi connectivity index (χ4v) is 2.94. The van der Waals surface area contributed by atoms with Crippen LogP contribution in [0.3, 0.4) is 0 Å². The fraction of sp³-hybridized carbons (Fsp3) is 0.294. The zero-order valence-corrected chi connectivity index (χ0v) is 14.1. The van der Waals surface area contributed by atoms with Crippen molar-refractivity contribution < 1.29 is 19.1 Å². The number of carboxylic acids is 1. The number of aromatic carboxylic acids is 1. The van der Waals surface area contributed by atoms with Gasteiger partial charge in [-0.25, -0.2) is 4.79 Å². The van der Waals surface area contributed by atoms with Crippen LogP contribution >= 0.6 is 11.8 Å². The van der Waals surface area contributed by atoms with Crippen molar-refractivity contribution in [2.75, 3.05) is 5.32 Å². The molecule has 1 aromatic heterocycles. The summed E-state index contributed by atoms with van der Waals surface area (Å²) in [5.41, 5.74) is 1.57. The highest BCUT2D eigenvalue weighted by Gasteiger charge is 2.15. The molecule has 2 aromatic rings.